The van der Waals surface area contributed by atoms with Gasteiger partial charge >= 0.3 is 0 Å². The molecule has 0 spiro atoms. The van der Waals surface area contributed by atoms with Gasteiger partial charge in [-0.2, -0.15) is 0 Å². The third-order valence-corrected chi connectivity index (χ3v) is 8.32. The van der Waals surface area contributed by atoms with E-state index in [2.05, 4.69) is 91.0 Å². The highest BCUT2D eigenvalue weighted by molar-refractivity contribution is 5.80. The molecule has 0 radical (unpaired) electrons. The maximum Gasteiger partial charge on any atom is 0.0463 e. The fraction of sp³-hybridized carbons (Fsp3) is 0.118. The molecular weight excluding hydrogens is 436 g/mol. The Morgan fingerprint density at radius 2 is 1.19 bits per heavy atom. The van der Waals surface area contributed by atoms with Crippen LogP contribution in [0.5, 0.6) is 0 Å². The standard InChI is InChI=1S/C34H28N2/c35-27-14-10-25(11-15-27)34(26-12-16-28(36)17-13-26)21-32(22-6-2-1-3-7-22)31-20-30-24(19-33(31)34)18-23-8-4-5-9-29(23)30/h1-17,19-20,32H,18,21,35-36H2. The second kappa shape index (κ2) is 7.86. The van der Waals surface area contributed by atoms with Gasteiger partial charge in [0.2, 0.25) is 0 Å². The normalized spacial score (nSPS) is 16.8. The molecule has 0 bridgehead atoms. The van der Waals surface area contributed by atoms with E-state index in [0.717, 1.165) is 24.2 Å². The maximum atomic E-state index is 6.15. The second-order valence-corrected chi connectivity index (χ2v) is 10.2. The van der Waals surface area contributed by atoms with Crippen LogP contribution < -0.4 is 11.5 Å². The second-order valence-electron chi connectivity index (χ2n) is 10.2. The lowest BCUT2D eigenvalue weighted by Gasteiger charge is -2.33. The third-order valence-electron chi connectivity index (χ3n) is 8.32. The summed E-state index contributed by atoms with van der Waals surface area (Å²) in [6, 6.07) is 41.8. The molecule has 5 aromatic rings. The van der Waals surface area contributed by atoms with Crippen LogP contribution in [0.2, 0.25) is 0 Å². The third kappa shape index (κ3) is 3.04. The first-order chi connectivity index (χ1) is 17.6. The molecule has 2 nitrogen and oxygen atoms in total. The molecule has 0 fully saturated rings. The van der Waals surface area contributed by atoms with Crippen LogP contribution in [0, 0.1) is 0 Å². The Bertz CT molecular complexity index is 1540. The first-order valence-electron chi connectivity index (χ1n) is 12.7. The molecular formula is C34H28N2. The fourth-order valence-electron chi connectivity index (χ4n) is 6.62. The molecule has 0 heterocycles. The van der Waals surface area contributed by atoms with Crippen molar-refractivity contribution in [3.63, 3.8) is 0 Å². The van der Waals surface area contributed by atoms with Gasteiger partial charge in [-0.05, 0) is 93.2 Å². The number of hydrogen-bond acceptors (Lipinski definition) is 2. The van der Waals surface area contributed by atoms with Crippen molar-refractivity contribution in [2.45, 2.75) is 24.2 Å². The first-order valence-corrected chi connectivity index (χ1v) is 12.7. The van der Waals surface area contributed by atoms with Gasteiger partial charge in [-0.1, -0.05) is 84.9 Å². The number of anilines is 2. The number of rotatable bonds is 3. The Morgan fingerprint density at radius 1 is 0.583 bits per heavy atom. The van der Waals surface area contributed by atoms with Gasteiger partial charge in [0.15, 0.2) is 0 Å². The average Bonchev–Trinajstić information content (AvgIpc) is 3.45. The minimum Gasteiger partial charge on any atom is -0.399 e. The molecule has 2 heteroatoms. The van der Waals surface area contributed by atoms with E-state index in [-0.39, 0.29) is 11.3 Å². The Balaban J connectivity index is 1.54. The summed E-state index contributed by atoms with van der Waals surface area (Å²) in [5.74, 6) is 0.286. The van der Waals surface area contributed by atoms with E-state index in [1.54, 1.807) is 0 Å². The Labute approximate surface area is 212 Å². The molecule has 4 N–H and O–H groups in total. The van der Waals surface area contributed by atoms with Gasteiger partial charge < -0.3 is 11.5 Å². The molecule has 0 saturated heterocycles. The Kier molecular flexibility index (Phi) is 4.59. The fourth-order valence-corrected chi connectivity index (χ4v) is 6.62. The first kappa shape index (κ1) is 21.0. The number of hydrogen-bond donors (Lipinski definition) is 2. The van der Waals surface area contributed by atoms with E-state index in [9.17, 15) is 0 Å². The van der Waals surface area contributed by atoms with E-state index < -0.39 is 0 Å². The summed E-state index contributed by atoms with van der Waals surface area (Å²) in [5, 5.41) is 0. The maximum absolute atomic E-state index is 6.15. The van der Waals surface area contributed by atoms with E-state index >= 15 is 0 Å². The van der Waals surface area contributed by atoms with Crippen molar-refractivity contribution in [3.8, 4) is 11.1 Å². The van der Waals surface area contributed by atoms with Crippen molar-refractivity contribution < 1.29 is 0 Å². The molecule has 1 unspecified atom stereocenters. The quantitative estimate of drug-likeness (QED) is 0.270. The van der Waals surface area contributed by atoms with Crippen LogP contribution in [-0.4, -0.2) is 0 Å². The van der Waals surface area contributed by atoms with E-state index in [1.165, 1.54) is 50.1 Å². The average molecular weight is 465 g/mol. The smallest absolute Gasteiger partial charge is 0.0463 e. The molecule has 1 atom stereocenters. The van der Waals surface area contributed by atoms with Gasteiger partial charge in [-0.3, -0.25) is 0 Å². The number of fused-ring (bicyclic) bond motifs is 4. The summed E-state index contributed by atoms with van der Waals surface area (Å²) in [6.45, 7) is 0. The largest absolute Gasteiger partial charge is 0.399 e. The van der Waals surface area contributed by atoms with Crippen molar-refractivity contribution in [1.82, 2.24) is 0 Å². The molecule has 2 aliphatic rings. The molecule has 36 heavy (non-hydrogen) atoms. The van der Waals surface area contributed by atoms with Crippen LogP contribution in [0.15, 0.2) is 115 Å². The van der Waals surface area contributed by atoms with Crippen molar-refractivity contribution in [2.24, 2.45) is 0 Å². The summed E-state index contributed by atoms with van der Waals surface area (Å²) in [7, 11) is 0. The highest BCUT2D eigenvalue weighted by Crippen LogP contribution is 2.57. The van der Waals surface area contributed by atoms with Crippen LogP contribution in [0.1, 0.15) is 51.3 Å². The van der Waals surface area contributed by atoms with Crippen LogP contribution >= 0.6 is 0 Å². The predicted octanol–water partition coefficient (Wildman–Crippen LogP) is 7.29. The van der Waals surface area contributed by atoms with Gasteiger partial charge in [0.05, 0.1) is 0 Å². The Morgan fingerprint density at radius 3 is 1.86 bits per heavy atom. The van der Waals surface area contributed by atoms with Crippen LogP contribution in [0.4, 0.5) is 11.4 Å². The highest BCUT2D eigenvalue weighted by atomic mass is 14.6. The Hall–Kier alpha value is -4.30. The van der Waals surface area contributed by atoms with Gasteiger partial charge in [0.1, 0.15) is 0 Å². The lowest BCUT2D eigenvalue weighted by Crippen LogP contribution is -2.27. The summed E-state index contributed by atoms with van der Waals surface area (Å²) in [5.41, 5.74) is 25.9. The minimum absolute atomic E-state index is 0.286. The lowest BCUT2D eigenvalue weighted by molar-refractivity contribution is 0.577. The summed E-state index contributed by atoms with van der Waals surface area (Å²) >= 11 is 0. The number of benzene rings is 5. The number of nitrogens with two attached hydrogens (primary N) is 2. The summed E-state index contributed by atoms with van der Waals surface area (Å²) in [6.07, 6.45) is 1.94. The SMILES string of the molecule is Nc1ccc(C2(c3ccc(N)cc3)CC(c3ccccc3)c3cc4c(cc32)Cc2ccccc2-4)cc1. The zero-order chi connectivity index (χ0) is 24.3. The number of nitrogen functional groups attached to an aromatic ring is 2. The van der Waals surface area contributed by atoms with Crippen molar-refractivity contribution >= 4 is 11.4 Å². The summed E-state index contributed by atoms with van der Waals surface area (Å²) in [4.78, 5) is 0. The molecule has 0 aliphatic heterocycles. The monoisotopic (exact) mass is 464 g/mol. The van der Waals surface area contributed by atoms with Gasteiger partial charge in [-0.15, -0.1) is 0 Å². The molecule has 7 rings (SSSR count). The van der Waals surface area contributed by atoms with E-state index in [0.29, 0.717) is 0 Å². The molecule has 5 aromatic carbocycles. The van der Waals surface area contributed by atoms with Crippen LogP contribution in [0.3, 0.4) is 0 Å². The molecule has 0 amide bonds. The van der Waals surface area contributed by atoms with Crippen LogP contribution in [0.25, 0.3) is 11.1 Å². The van der Waals surface area contributed by atoms with Crippen LogP contribution in [-0.2, 0) is 11.8 Å². The van der Waals surface area contributed by atoms with Gasteiger partial charge in [-0.25, -0.2) is 0 Å². The predicted molar refractivity (Wildman–Crippen MR) is 149 cm³/mol. The zero-order valence-corrected chi connectivity index (χ0v) is 20.1. The van der Waals surface area contributed by atoms with Crippen molar-refractivity contribution in [3.05, 3.63) is 154 Å². The van der Waals surface area contributed by atoms with Crippen molar-refractivity contribution in [2.75, 3.05) is 11.5 Å². The molecule has 2 aliphatic carbocycles. The minimum atomic E-state index is -0.291. The van der Waals surface area contributed by atoms with Gasteiger partial charge in [0.25, 0.3) is 0 Å². The topological polar surface area (TPSA) is 52.0 Å². The molecule has 0 aromatic heterocycles. The van der Waals surface area contributed by atoms with Gasteiger partial charge in [0, 0.05) is 22.7 Å². The lowest BCUT2D eigenvalue weighted by atomic mass is 9.69. The highest BCUT2D eigenvalue weighted by Gasteiger charge is 2.47. The van der Waals surface area contributed by atoms with Crippen molar-refractivity contribution in [1.29, 1.82) is 0 Å². The molecule has 174 valence electrons. The zero-order valence-electron chi connectivity index (χ0n) is 20.1. The van der Waals surface area contributed by atoms with E-state index in [1.807, 2.05) is 24.3 Å². The molecule has 0 saturated carbocycles. The van der Waals surface area contributed by atoms with E-state index in [4.69, 9.17) is 11.5 Å². The summed E-state index contributed by atoms with van der Waals surface area (Å²) < 4.78 is 0.